The zero-order valence-electron chi connectivity index (χ0n) is 12.6. The number of hydrogen-bond donors (Lipinski definition) is 4. The Kier molecular flexibility index (Phi) is 9.09. The van der Waals surface area contributed by atoms with E-state index >= 15 is 0 Å². The van der Waals surface area contributed by atoms with Crippen molar-refractivity contribution < 1.29 is 30.0 Å². The maximum Gasteiger partial charge on any atom is 0.339 e. The molecule has 0 fully saturated rings. The molecule has 6 nitrogen and oxygen atoms in total. The lowest BCUT2D eigenvalue weighted by molar-refractivity contribution is 0.0674. The molecule has 4 N–H and O–H groups in total. The first kappa shape index (κ1) is 19.5. The molecule has 0 saturated carbocycles. The number of allylic oxidation sites excluding steroid dienone is 1. The summed E-state index contributed by atoms with van der Waals surface area (Å²) in [5.74, 6) is -4.79. The number of carboxylic acids is 2. The van der Waals surface area contributed by atoms with Gasteiger partial charge in [0.2, 0.25) is 0 Å². The van der Waals surface area contributed by atoms with E-state index in [-0.39, 0.29) is 0 Å². The van der Waals surface area contributed by atoms with Crippen LogP contribution in [0.25, 0.3) is 0 Å². The molecule has 0 aliphatic rings. The molecule has 1 aromatic carbocycles. The van der Waals surface area contributed by atoms with Gasteiger partial charge in [0.05, 0.1) is 0 Å². The number of carbonyl (C=O) groups is 2. The molecule has 6 heteroatoms. The molecule has 0 atom stereocenters. The molecule has 22 heavy (non-hydrogen) atoms. The van der Waals surface area contributed by atoms with Crippen molar-refractivity contribution in [1.82, 2.24) is 0 Å². The number of benzene rings is 1. The summed E-state index contributed by atoms with van der Waals surface area (Å²) in [5.41, 5.74) is -1.10. The summed E-state index contributed by atoms with van der Waals surface area (Å²) in [6.45, 7) is 5.89. The van der Waals surface area contributed by atoms with Gasteiger partial charge in [0.25, 0.3) is 0 Å². The Morgan fingerprint density at radius 3 is 1.77 bits per heavy atom. The van der Waals surface area contributed by atoms with E-state index in [0.29, 0.717) is 0 Å². The van der Waals surface area contributed by atoms with Crippen molar-refractivity contribution in [2.45, 2.75) is 39.0 Å². The molecule has 0 aliphatic carbocycles. The summed E-state index contributed by atoms with van der Waals surface area (Å²) < 4.78 is 0. The lowest BCUT2D eigenvalue weighted by atomic mass is 10.1. The molecular formula is C16H22O6. The Morgan fingerprint density at radius 2 is 1.45 bits per heavy atom. The van der Waals surface area contributed by atoms with Crippen molar-refractivity contribution in [3.8, 4) is 11.5 Å². The second-order valence-electron chi connectivity index (χ2n) is 4.61. The fourth-order valence-electron chi connectivity index (χ4n) is 1.64. The van der Waals surface area contributed by atoms with E-state index in [9.17, 15) is 9.59 Å². The molecule has 0 heterocycles. The molecule has 0 radical (unpaired) electrons. The largest absolute Gasteiger partial charge is 0.504 e. The first-order chi connectivity index (χ1) is 10.4. The van der Waals surface area contributed by atoms with Crippen LogP contribution in [0.1, 0.15) is 59.7 Å². The van der Waals surface area contributed by atoms with Crippen molar-refractivity contribution in [1.29, 1.82) is 0 Å². The fourth-order valence-corrected chi connectivity index (χ4v) is 1.64. The highest BCUT2D eigenvalue weighted by molar-refractivity contribution is 5.97. The van der Waals surface area contributed by atoms with E-state index in [1.54, 1.807) is 0 Å². The van der Waals surface area contributed by atoms with Crippen molar-refractivity contribution >= 4 is 11.9 Å². The van der Waals surface area contributed by atoms with Gasteiger partial charge in [0.15, 0.2) is 11.5 Å². The fraction of sp³-hybridized carbons (Fsp3) is 0.375. The van der Waals surface area contributed by atoms with E-state index < -0.39 is 34.6 Å². The van der Waals surface area contributed by atoms with Crippen LogP contribution in [0, 0.1) is 0 Å². The number of carboxylic acid groups (broad SMARTS) is 2. The van der Waals surface area contributed by atoms with Gasteiger partial charge < -0.3 is 20.4 Å². The first-order valence-electron chi connectivity index (χ1n) is 6.99. The normalized spacial score (nSPS) is 9.50. The van der Waals surface area contributed by atoms with Crippen molar-refractivity contribution in [3.05, 3.63) is 35.9 Å². The van der Waals surface area contributed by atoms with Gasteiger partial charge in [-0.3, -0.25) is 0 Å². The molecule has 0 bridgehead atoms. The molecule has 0 aromatic heterocycles. The predicted octanol–water partition coefficient (Wildman–Crippen LogP) is 3.64. The van der Waals surface area contributed by atoms with Crippen LogP contribution in [-0.2, 0) is 0 Å². The van der Waals surface area contributed by atoms with Gasteiger partial charge in [0.1, 0.15) is 11.1 Å². The third kappa shape index (κ3) is 6.30. The Morgan fingerprint density at radius 1 is 1.00 bits per heavy atom. The Labute approximate surface area is 129 Å². The minimum atomic E-state index is -1.45. The highest BCUT2D eigenvalue weighted by Crippen LogP contribution is 2.32. The van der Waals surface area contributed by atoms with E-state index in [0.717, 1.165) is 12.1 Å². The predicted molar refractivity (Wildman–Crippen MR) is 82.6 cm³/mol. The highest BCUT2D eigenvalue weighted by Gasteiger charge is 2.19. The van der Waals surface area contributed by atoms with Crippen molar-refractivity contribution in [2.75, 3.05) is 0 Å². The standard InChI is InChI=1S/C8H6O6.C8H16/c9-5-3(7(11)12)1-2-4(6(5)10)8(13)14;1-3-5-7-8-6-4-2/h1-2,9-10H,(H,11,12)(H,13,14);3H,1,4-8H2,2H3. The van der Waals surface area contributed by atoms with E-state index in [1.807, 2.05) is 6.08 Å². The van der Waals surface area contributed by atoms with Gasteiger partial charge in [0, 0.05) is 0 Å². The Balaban J connectivity index is 0.000000472. The van der Waals surface area contributed by atoms with Gasteiger partial charge in [-0.15, -0.1) is 6.58 Å². The Hall–Kier alpha value is -2.50. The van der Waals surface area contributed by atoms with Gasteiger partial charge in [-0.2, -0.15) is 0 Å². The molecule has 0 amide bonds. The van der Waals surface area contributed by atoms with Gasteiger partial charge >= 0.3 is 11.9 Å². The summed E-state index contributed by atoms with van der Waals surface area (Å²) in [5, 5.41) is 35.2. The zero-order chi connectivity index (χ0) is 17.1. The molecule has 0 aliphatic heterocycles. The molecule has 1 rings (SSSR count). The van der Waals surface area contributed by atoms with Crippen LogP contribution >= 0.6 is 0 Å². The van der Waals surface area contributed by atoms with E-state index in [4.69, 9.17) is 20.4 Å². The second-order valence-corrected chi connectivity index (χ2v) is 4.61. The smallest absolute Gasteiger partial charge is 0.339 e. The molecule has 0 unspecified atom stereocenters. The van der Waals surface area contributed by atoms with Gasteiger partial charge in [-0.1, -0.05) is 32.3 Å². The summed E-state index contributed by atoms with van der Waals surface area (Å²) in [7, 11) is 0. The van der Waals surface area contributed by atoms with Gasteiger partial charge in [-0.25, -0.2) is 9.59 Å². The second kappa shape index (κ2) is 10.3. The number of hydrogen-bond acceptors (Lipinski definition) is 4. The maximum atomic E-state index is 10.4. The van der Waals surface area contributed by atoms with Crippen LogP contribution in [-0.4, -0.2) is 32.4 Å². The molecule has 1 aromatic rings. The summed E-state index contributed by atoms with van der Waals surface area (Å²) in [6.07, 6.45) is 8.61. The third-order valence-corrected chi connectivity index (χ3v) is 2.87. The van der Waals surface area contributed by atoms with E-state index in [2.05, 4.69) is 13.5 Å². The highest BCUT2D eigenvalue weighted by atomic mass is 16.4. The molecular weight excluding hydrogens is 288 g/mol. The number of phenols is 2. The lowest BCUT2D eigenvalue weighted by Gasteiger charge is -2.04. The number of aromatic carboxylic acids is 2. The van der Waals surface area contributed by atoms with Crippen molar-refractivity contribution in [2.24, 2.45) is 0 Å². The van der Waals surface area contributed by atoms with Crippen LogP contribution in [0.3, 0.4) is 0 Å². The SMILES string of the molecule is C=CCCCCCC.O=C(O)c1ccc(C(=O)O)c(O)c1O. The van der Waals surface area contributed by atoms with E-state index in [1.165, 1.54) is 32.1 Å². The minimum absolute atomic E-state index is 0.549. The summed E-state index contributed by atoms with van der Waals surface area (Å²) >= 11 is 0. The van der Waals surface area contributed by atoms with Crippen LogP contribution in [0.5, 0.6) is 11.5 Å². The third-order valence-electron chi connectivity index (χ3n) is 2.87. The molecule has 122 valence electrons. The lowest BCUT2D eigenvalue weighted by Crippen LogP contribution is -2.01. The zero-order valence-corrected chi connectivity index (χ0v) is 12.6. The average molecular weight is 310 g/mol. The summed E-state index contributed by atoms with van der Waals surface area (Å²) in [6, 6.07) is 1.81. The molecule has 0 saturated heterocycles. The van der Waals surface area contributed by atoms with Crippen LogP contribution in [0.2, 0.25) is 0 Å². The van der Waals surface area contributed by atoms with Gasteiger partial charge in [-0.05, 0) is 25.0 Å². The van der Waals surface area contributed by atoms with Crippen LogP contribution in [0.4, 0.5) is 0 Å². The topological polar surface area (TPSA) is 115 Å². The van der Waals surface area contributed by atoms with Crippen LogP contribution < -0.4 is 0 Å². The summed E-state index contributed by atoms with van der Waals surface area (Å²) in [4.78, 5) is 20.9. The molecule has 0 spiro atoms. The quantitative estimate of drug-likeness (QED) is 0.347. The van der Waals surface area contributed by atoms with Crippen LogP contribution in [0.15, 0.2) is 24.8 Å². The minimum Gasteiger partial charge on any atom is -0.504 e. The Bertz CT molecular complexity index is 483. The first-order valence-corrected chi connectivity index (χ1v) is 6.99. The monoisotopic (exact) mass is 310 g/mol. The maximum absolute atomic E-state index is 10.4. The number of unbranched alkanes of at least 4 members (excludes halogenated alkanes) is 4. The van der Waals surface area contributed by atoms with Crippen molar-refractivity contribution in [3.63, 3.8) is 0 Å². The number of aromatic hydroxyl groups is 2. The number of rotatable bonds is 7. The average Bonchev–Trinajstić information content (AvgIpc) is 2.46.